The molecule has 3 aromatic rings. The van der Waals surface area contributed by atoms with E-state index in [1.165, 1.54) is 12.1 Å². The lowest BCUT2D eigenvalue weighted by atomic mass is 9.46. The summed E-state index contributed by atoms with van der Waals surface area (Å²) in [5.74, 6) is -2.17. The lowest BCUT2D eigenvalue weighted by Gasteiger charge is -2.54. The largest absolute Gasteiger partial charge is 0.294 e. The van der Waals surface area contributed by atoms with Crippen LogP contribution in [0.4, 0.5) is 11.4 Å². The van der Waals surface area contributed by atoms with E-state index in [-0.39, 0.29) is 29.1 Å². The Morgan fingerprint density at radius 2 is 1.58 bits per heavy atom. The topological polar surface area (TPSA) is 80.5 Å². The highest BCUT2D eigenvalue weighted by molar-refractivity contribution is 9.10. The van der Waals surface area contributed by atoms with Crippen molar-refractivity contribution in [3.8, 4) is 0 Å². The van der Waals surface area contributed by atoms with E-state index < -0.39 is 22.2 Å². The van der Waals surface area contributed by atoms with E-state index in [2.05, 4.69) is 47.1 Å². The SMILES string of the molecule is CCC12c3ccccc3C(c3ccccc31)[C@H]1C(=O)N(c3ccc(Br)cc3[N+](=O)[O-])C(=O)[C@@H]12. The number of carbonyl (C=O) groups is 2. The zero-order valence-electron chi connectivity index (χ0n) is 17.7. The highest BCUT2D eigenvalue weighted by Gasteiger charge is 2.67. The van der Waals surface area contributed by atoms with Crippen molar-refractivity contribution in [2.75, 3.05) is 4.90 Å². The summed E-state index contributed by atoms with van der Waals surface area (Å²) < 4.78 is 0.513. The Hall–Kier alpha value is -3.32. The Balaban J connectivity index is 1.63. The fourth-order valence-electron chi connectivity index (χ4n) is 6.60. The van der Waals surface area contributed by atoms with Crippen molar-refractivity contribution >= 4 is 39.1 Å². The van der Waals surface area contributed by atoms with E-state index in [1.807, 2.05) is 24.3 Å². The number of hydrogen-bond donors (Lipinski definition) is 0. The molecule has 0 radical (unpaired) electrons. The molecule has 0 aromatic heterocycles. The number of benzene rings is 3. The first-order chi connectivity index (χ1) is 15.9. The first kappa shape index (κ1) is 20.3. The summed E-state index contributed by atoms with van der Waals surface area (Å²) >= 11 is 3.26. The van der Waals surface area contributed by atoms with Crippen molar-refractivity contribution in [3.63, 3.8) is 0 Å². The van der Waals surface area contributed by atoms with Crippen LogP contribution in [0.2, 0.25) is 0 Å². The molecule has 1 saturated heterocycles. The van der Waals surface area contributed by atoms with Gasteiger partial charge < -0.3 is 0 Å². The minimum absolute atomic E-state index is 0.0337. The molecule has 1 fully saturated rings. The lowest BCUT2D eigenvalue weighted by Crippen LogP contribution is -2.53. The maximum atomic E-state index is 14.1. The number of carbonyl (C=O) groups excluding carboxylic acids is 2. The molecule has 0 spiro atoms. The number of nitro benzene ring substituents is 1. The molecule has 1 heterocycles. The number of nitro groups is 1. The van der Waals surface area contributed by atoms with E-state index in [0.29, 0.717) is 10.9 Å². The predicted molar refractivity (Wildman–Crippen MR) is 126 cm³/mol. The maximum absolute atomic E-state index is 14.1. The van der Waals surface area contributed by atoms with Crippen molar-refractivity contribution in [2.45, 2.75) is 24.7 Å². The van der Waals surface area contributed by atoms with Gasteiger partial charge in [-0.15, -0.1) is 0 Å². The third-order valence-corrected chi connectivity index (χ3v) is 8.22. The van der Waals surface area contributed by atoms with E-state index in [4.69, 9.17) is 0 Å². The van der Waals surface area contributed by atoms with E-state index >= 15 is 0 Å². The van der Waals surface area contributed by atoms with Gasteiger partial charge in [-0.1, -0.05) is 71.4 Å². The van der Waals surface area contributed by atoms with Crippen molar-refractivity contribution in [1.29, 1.82) is 0 Å². The number of rotatable bonds is 3. The van der Waals surface area contributed by atoms with Crippen LogP contribution in [0, 0.1) is 22.0 Å². The van der Waals surface area contributed by atoms with Gasteiger partial charge in [-0.05, 0) is 40.8 Å². The molecule has 7 heteroatoms. The van der Waals surface area contributed by atoms with Gasteiger partial charge in [0, 0.05) is 21.9 Å². The first-order valence-corrected chi connectivity index (χ1v) is 11.7. The summed E-state index contributed by atoms with van der Waals surface area (Å²) in [6, 6.07) is 20.6. The molecule has 0 unspecified atom stereocenters. The molecule has 2 atom stereocenters. The van der Waals surface area contributed by atoms with E-state index in [9.17, 15) is 19.7 Å². The van der Waals surface area contributed by atoms with Gasteiger partial charge in [-0.3, -0.25) is 19.7 Å². The summed E-state index contributed by atoms with van der Waals surface area (Å²) in [7, 11) is 0. The normalized spacial score (nSPS) is 26.7. The van der Waals surface area contributed by atoms with Gasteiger partial charge in [0.15, 0.2) is 0 Å². The van der Waals surface area contributed by atoms with Crippen molar-refractivity contribution < 1.29 is 14.5 Å². The number of hydrogen-bond acceptors (Lipinski definition) is 4. The highest BCUT2D eigenvalue weighted by atomic mass is 79.9. The average Bonchev–Trinajstić information content (AvgIpc) is 3.10. The number of nitrogens with zero attached hydrogens (tertiary/aromatic N) is 2. The fourth-order valence-corrected chi connectivity index (χ4v) is 6.95. The van der Waals surface area contributed by atoms with Gasteiger partial charge in [0.25, 0.3) is 5.69 Å². The van der Waals surface area contributed by atoms with Crippen LogP contribution < -0.4 is 4.90 Å². The van der Waals surface area contributed by atoms with Crippen LogP contribution in [0.25, 0.3) is 0 Å². The van der Waals surface area contributed by atoms with Gasteiger partial charge in [-0.25, -0.2) is 4.90 Å². The molecule has 3 aromatic carbocycles. The van der Waals surface area contributed by atoms with Gasteiger partial charge in [0.1, 0.15) is 5.69 Å². The second kappa shape index (κ2) is 6.84. The molecule has 7 rings (SSSR count). The van der Waals surface area contributed by atoms with Crippen molar-refractivity contribution in [3.05, 3.63) is 104 Å². The summed E-state index contributed by atoms with van der Waals surface area (Å²) in [5.41, 5.74) is 3.44. The monoisotopic (exact) mass is 502 g/mol. The Labute approximate surface area is 198 Å². The van der Waals surface area contributed by atoms with Gasteiger partial charge >= 0.3 is 0 Å². The number of anilines is 1. The molecule has 2 amide bonds. The number of imide groups is 1. The summed E-state index contributed by atoms with van der Waals surface area (Å²) in [5, 5.41) is 11.8. The maximum Gasteiger partial charge on any atom is 0.294 e. The quantitative estimate of drug-likeness (QED) is 0.275. The number of halogens is 1. The molecular weight excluding hydrogens is 484 g/mol. The van der Waals surface area contributed by atoms with Gasteiger partial charge in [0.2, 0.25) is 11.8 Å². The molecule has 164 valence electrons. The van der Waals surface area contributed by atoms with Gasteiger partial charge in [0.05, 0.1) is 16.8 Å². The van der Waals surface area contributed by atoms with E-state index in [1.54, 1.807) is 6.07 Å². The molecule has 4 aliphatic rings. The molecule has 3 aliphatic carbocycles. The molecule has 1 aliphatic heterocycles. The summed E-state index contributed by atoms with van der Waals surface area (Å²) in [4.78, 5) is 40.3. The zero-order chi connectivity index (χ0) is 23.1. The van der Waals surface area contributed by atoms with Crippen molar-refractivity contribution in [1.82, 2.24) is 0 Å². The Morgan fingerprint density at radius 1 is 0.970 bits per heavy atom. The Bertz CT molecular complexity index is 1340. The third kappa shape index (κ3) is 2.38. The Morgan fingerprint density at radius 3 is 2.15 bits per heavy atom. The second-order valence-corrected chi connectivity index (χ2v) is 9.80. The molecular formula is C26H19BrN2O4. The molecule has 0 N–H and O–H groups in total. The second-order valence-electron chi connectivity index (χ2n) is 8.88. The van der Waals surface area contributed by atoms with Crippen LogP contribution in [-0.2, 0) is 15.0 Å². The lowest BCUT2D eigenvalue weighted by molar-refractivity contribution is -0.384. The Kier molecular flexibility index (Phi) is 4.21. The third-order valence-electron chi connectivity index (χ3n) is 7.73. The van der Waals surface area contributed by atoms with Crippen LogP contribution in [-0.4, -0.2) is 16.7 Å². The standard InChI is InChI=1S/C26H19BrN2O4/c1-2-26-17-9-5-3-7-15(17)21(16-8-4-6-10-18(16)26)22-23(26)25(31)28(24(22)30)19-12-11-14(27)13-20(19)29(32)33/h3-13,21-23H,2H2,1H3/t21?,22-,23-,26?/m1/s1. The van der Waals surface area contributed by atoms with Crippen LogP contribution >= 0.6 is 15.9 Å². The van der Waals surface area contributed by atoms with Crippen LogP contribution in [0.5, 0.6) is 0 Å². The van der Waals surface area contributed by atoms with Crippen molar-refractivity contribution in [2.24, 2.45) is 11.8 Å². The highest BCUT2D eigenvalue weighted by Crippen LogP contribution is 2.65. The molecule has 2 bridgehead atoms. The fraction of sp³-hybridized carbons (Fsp3) is 0.231. The summed E-state index contributed by atoms with van der Waals surface area (Å²) in [6.45, 7) is 2.05. The average molecular weight is 503 g/mol. The smallest absolute Gasteiger partial charge is 0.274 e. The number of amides is 2. The molecule has 6 nitrogen and oxygen atoms in total. The van der Waals surface area contributed by atoms with Gasteiger partial charge in [-0.2, -0.15) is 0 Å². The van der Waals surface area contributed by atoms with E-state index in [0.717, 1.165) is 27.2 Å². The first-order valence-electron chi connectivity index (χ1n) is 10.9. The predicted octanol–water partition coefficient (Wildman–Crippen LogP) is 5.32. The molecule has 0 saturated carbocycles. The van der Waals surface area contributed by atoms with Crippen LogP contribution in [0.3, 0.4) is 0 Å². The zero-order valence-corrected chi connectivity index (χ0v) is 19.3. The van der Waals surface area contributed by atoms with Crippen LogP contribution in [0.15, 0.2) is 71.2 Å². The summed E-state index contributed by atoms with van der Waals surface area (Å²) in [6.07, 6.45) is 0.643. The molecule has 33 heavy (non-hydrogen) atoms. The van der Waals surface area contributed by atoms with Crippen LogP contribution in [0.1, 0.15) is 41.5 Å². The minimum atomic E-state index is -0.655. The minimum Gasteiger partial charge on any atom is -0.274 e.